The minimum absolute atomic E-state index is 0.578. The maximum Gasteiger partial charge on any atom is 0.176 e. The van der Waals surface area contributed by atoms with Crippen molar-refractivity contribution in [2.24, 2.45) is 0 Å². The van der Waals surface area contributed by atoms with Gasteiger partial charge in [-0.1, -0.05) is 0 Å². The molecule has 74 valence electrons. The molecule has 1 aliphatic heterocycles. The highest BCUT2D eigenvalue weighted by Crippen LogP contribution is 2.38. The Morgan fingerprint density at radius 2 is 2.07 bits per heavy atom. The molecule has 0 atom stereocenters. The molecule has 1 heterocycles. The minimum Gasteiger partial charge on any atom is -0.490 e. The van der Waals surface area contributed by atoms with Gasteiger partial charge >= 0.3 is 0 Å². The first kappa shape index (κ1) is 9.52. The van der Waals surface area contributed by atoms with Crippen molar-refractivity contribution in [3.8, 4) is 11.5 Å². The number of benzene rings is 1. The first-order chi connectivity index (χ1) is 6.83. The first-order valence-electron chi connectivity index (χ1n) is 4.36. The number of hydrogen-bond acceptors (Lipinski definition) is 3. The van der Waals surface area contributed by atoms with Crippen LogP contribution in [0.25, 0.3) is 0 Å². The zero-order chi connectivity index (χ0) is 9.97. The highest BCUT2D eigenvalue weighted by atomic mass is 79.9. The maximum absolute atomic E-state index is 10.7. The molecule has 1 aromatic carbocycles. The largest absolute Gasteiger partial charge is 0.490 e. The van der Waals surface area contributed by atoms with Crippen molar-refractivity contribution < 1.29 is 14.3 Å². The number of carbonyl (C=O) groups is 1. The fourth-order valence-electron chi connectivity index (χ4n) is 1.31. The molecule has 0 radical (unpaired) electrons. The lowest BCUT2D eigenvalue weighted by Crippen LogP contribution is -1.97. The van der Waals surface area contributed by atoms with Gasteiger partial charge in [0.2, 0.25) is 0 Å². The molecule has 0 saturated carbocycles. The Morgan fingerprint density at radius 1 is 1.29 bits per heavy atom. The van der Waals surface area contributed by atoms with Crippen LogP contribution in [0.2, 0.25) is 0 Å². The van der Waals surface area contributed by atoms with E-state index < -0.39 is 0 Å². The summed E-state index contributed by atoms with van der Waals surface area (Å²) in [7, 11) is 0. The summed E-state index contributed by atoms with van der Waals surface area (Å²) in [6.07, 6.45) is 1.65. The van der Waals surface area contributed by atoms with Gasteiger partial charge in [-0.25, -0.2) is 0 Å². The summed E-state index contributed by atoms with van der Waals surface area (Å²) in [5.41, 5.74) is 0.578. The number of carbonyl (C=O) groups excluding carboxylic acids is 1. The lowest BCUT2D eigenvalue weighted by molar-refractivity contribution is 0.112. The molecule has 1 aromatic rings. The fraction of sp³-hybridized carbons (Fsp3) is 0.300. The van der Waals surface area contributed by atoms with Crippen LogP contribution < -0.4 is 9.47 Å². The molecule has 4 heteroatoms. The maximum atomic E-state index is 10.7. The van der Waals surface area contributed by atoms with Crippen molar-refractivity contribution in [1.29, 1.82) is 0 Å². The third-order valence-corrected chi connectivity index (χ3v) is 2.83. The molecule has 0 saturated heterocycles. The Morgan fingerprint density at radius 3 is 2.86 bits per heavy atom. The molecule has 0 amide bonds. The van der Waals surface area contributed by atoms with Crippen LogP contribution in [0.4, 0.5) is 0 Å². The molecule has 0 bridgehead atoms. The van der Waals surface area contributed by atoms with Crippen LogP contribution in [0.3, 0.4) is 0 Å². The van der Waals surface area contributed by atoms with Gasteiger partial charge in [-0.05, 0) is 28.1 Å². The Balaban J connectivity index is 2.49. The molecular weight excluding hydrogens is 248 g/mol. The van der Waals surface area contributed by atoms with Crippen LogP contribution in [-0.4, -0.2) is 19.5 Å². The van der Waals surface area contributed by atoms with E-state index >= 15 is 0 Å². The second-order valence-corrected chi connectivity index (χ2v) is 3.76. The monoisotopic (exact) mass is 256 g/mol. The first-order valence-corrected chi connectivity index (χ1v) is 5.15. The number of rotatable bonds is 1. The summed E-state index contributed by atoms with van der Waals surface area (Å²) in [5, 5.41) is 0. The van der Waals surface area contributed by atoms with Gasteiger partial charge in [-0.15, -0.1) is 0 Å². The zero-order valence-electron chi connectivity index (χ0n) is 7.46. The fourth-order valence-corrected chi connectivity index (χ4v) is 1.84. The lowest BCUT2D eigenvalue weighted by atomic mass is 10.2. The Kier molecular flexibility index (Phi) is 2.72. The molecule has 0 spiro atoms. The predicted molar refractivity (Wildman–Crippen MR) is 55.1 cm³/mol. The van der Waals surface area contributed by atoms with Crippen molar-refractivity contribution >= 4 is 22.2 Å². The average molecular weight is 257 g/mol. The van der Waals surface area contributed by atoms with Gasteiger partial charge in [-0.3, -0.25) is 4.79 Å². The molecule has 0 unspecified atom stereocenters. The number of hydrogen-bond donors (Lipinski definition) is 0. The normalized spacial score (nSPS) is 14.6. The number of halogens is 1. The molecule has 3 nitrogen and oxygen atoms in total. The van der Waals surface area contributed by atoms with Gasteiger partial charge in [0, 0.05) is 12.0 Å². The molecule has 0 aromatic heterocycles. The van der Waals surface area contributed by atoms with E-state index in [-0.39, 0.29) is 0 Å². The minimum atomic E-state index is 0.578. The molecular formula is C10H9BrO3. The summed E-state index contributed by atoms with van der Waals surface area (Å²) >= 11 is 3.33. The Labute approximate surface area is 90.1 Å². The molecule has 0 aliphatic carbocycles. The van der Waals surface area contributed by atoms with Gasteiger partial charge in [0.1, 0.15) is 0 Å². The molecule has 1 aliphatic rings. The van der Waals surface area contributed by atoms with Crippen molar-refractivity contribution in [1.82, 2.24) is 0 Å². The van der Waals surface area contributed by atoms with E-state index in [2.05, 4.69) is 15.9 Å². The van der Waals surface area contributed by atoms with E-state index in [1.165, 1.54) is 0 Å². The topological polar surface area (TPSA) is 35.5 Å². The van der Waals surface area contributed by atoms with E-state index in [0.29, 0.717) is 34.7 Å². The van der Waals surface area contributed by atoms with Crippen LogP contribution >= 0.6 is 15.9 Å². The van der Waals surface area contributed by atoms with Gasteiger partial charge in [0.05, 0.1) is 17.7 Å². The lowest BCUT2D eigenvalue weighted by Gasteiger charge is -2.09. The summed E-state index contributed by atoms with van der Waals surface area (Å²) < 4.78 is 11.6. The summed E-state index contributed by atoms with van der Waals surface area (Å²) in [6.45, 7) is 1.27. The predicted octanol–water partition coefficient (Wildman–Crippen LogP) is 2.42. The van der Waals surface area contributed by atoms with E-state index in [1.807, 2.05) is 0 Å². The summed E-state index contributed by atoms with van der Waals surface area (Å²) in [5.74, 6) is 1.33. The van der Waals surface area contributed by atoms with E-state index in [0.717, 1.165) is 12.7 Å². The van der Waals surface area contributed by atoms with Gasteiger partial charge in [0.15, 0.2) is 17.8 Å². The number of fused-ring (bicyclic) bond motifs is 1. The molecule has 2 rings (SSSR count). The highest BCUT2D eigenvalue weighted by Gasteiger charge is 2.15. The summed E-state index contributed by atoms with van der Waals surface area (Å²) in [4.78, 5) is 10.7. The van der Waals surface area contributed by atoms with Crippen LogP contribution in [0, 0.1) is 0 Å². The van der Waals surface area contributed by atoms with E-state index in [9.17, 15) is 4.79 Å². The Bertz CT molecular complexity index is 363. The van der Waals surface area contributed by atoms with Gasteiger partial charge in [0.25, 0.3) is 0 Å². The van der Waals surface area contributed by atoms with E-state index in [1.54, 1.807) is 12.1 Å². The van der Waals surface area contributed by atoms with Crippen LogP contribution in [-0.2, 0) is 0 Å². The Hall–Kier alpha value is -1.03. The molecule has 0 fully saturated rings. The smallest absolute Gasteiger partial charge is 0.176 e. The van der Waals surface area contributed by atoms with Crippen molar-refractivity contribution in [3.63, 3.8) is 0 Å². The zero-order valence-corrected chi connectivity index (χ0v) is 9.04. The van der Waals surface area contributed by atoms with Crippen molar-refractivity contribution in [3.05, 3.63) is 22.2 Å². The summed E-state index contributed by atoms with van der Waals surface area (Å²) in [6, 6.07) is 3.47. The van der Waals surface area contributed by atoms with Gasteiger partial charge < -0.3 is 9.47 Å². The third kappa shape index (κ3) is 1.62. The molecule has 14 heavy (non-hydrogen) atoms. The standard InChI is InChI=1S/C10H9BrO3/c11-9-7(6-12)2-3-8-10(9)14-5-1-4-13-8/h2-3,6H,1,4-5H2. The second kappa shape index (κ2) is 4.00. The quantitative estimate of drug-likeness (QED) is 0.725. The highest BCUT2D eigenvalue weighted by molar-refractivity contribution is 9.10. The van der Waals surface area contributed by atoms with Crippen molar-refractivity contribution in [2.45, 2.75) is 6.42 Å². The van der Waals surface area contributed by atoms with Crippen LogP contribution in [0.1, 0.15) is 16.8 Å². The molecule has 0 N–H and O–H groups in total. The average Bonchev–Trinajstić information content (AvgIpc) is 2.44. The van der Waals surface area contributed by atoms with Crippen molar-refractivity contribution in [2.75, 3.05) is 13.2 Å². The van der Waals surface area contributed by atoms with Crippen LogP contribution in [0.15, 0.2) is 16.6 Å². The second-order valence-electron chi connectivity index (χ2n) is 2.96. The van der Waals surface area contributed by atoms with E-state index in [4.69, 9.17) is 9.47 Å². The number of aldehydes is 1. The third-order valence-electron chi connectivity index (χ3n) is 2.01. The SMILES string of the molecule is O=Cc1ccc2c(c1Br)OCCCO2. The van der Waals surface area contributed by atoms with Crippen LogP contribution in [0.5, 0.6) is 11.5 Å². The number of ether oxygens (including phenoxy) is 2. The van der Waals surface area contributed by atoms with Gasteiger partial charge in [-0.2, -0.15) is 0 Å².